The number of carbonyl (C=O) groups excluding carboxylic acids is 1. The lowest BCUT2D eigenvalue weighted by atomic mass is 10.1. The van der Waals surface area contributed by atoms with Gasteiger partial charge in [-0.15, -0.1) is 0 Å². The van der Waals surface area contributed by atoms with Crippen molar-refractivity contribution in [1.82, 2.24) is 15.1 Å². The molecule has 19 heavy (non-hydrogen) atoms. The Morgan fingerprint density at radius 3 is 2.79 bits per heavy atom. The van der Waals surface area contributed by atoms with Crippen molar-refractivity contribution in [3.63, 3.8) is 0 Å². The van der Waals surface area contributed by atoms with Crippen molar-refractivity contribution < 1.29 is 4.79 Å². The second-order valence-electron chi connectivity index (χ2n) is 4.53. The van der Waals surface area contributed by atoms with Gasteiger partial charge in [0.15, 0.2) is 0 Å². The monoisotopic (exact) mass is 258 g/mol. The number of aryl methyl sites for hydroxylation is 2. The maximum absolute atomic E-state index is 12.3. The molecule has 0 aliphatic rings. The highest BCUT2D eigenvalue weighted by molar-refractivity contribution is 5.95. The van der Waals surface area contributed by atoms with Gasteiger partial charge >= 0.3 is 0 Å². The third-order valence-electron chi connectivity index (χ3n) is 2.89. The summed E-state index contributed by atoms with van der Waals surface area (Å²) >= 11 is 0. The van der Waals surface area contributed by atoms with Gasteiger partial charge in [-0.25, -0.2) is 0 Å². The van der Waals surface area contributed by atoms with Gasteiger partial charge < -0.3 is 10.6 Å². The van der Waals surface area contributed by atoms with Gasteiger partial charge in [0.25, 0.3) is 0 Å². The number of rotatable bonds is 4. The molecule has 2 aromatic rings. The van der Waals surface area contributed by atoms with Crippen molar-refractivity contribution in [1.29, 1.82) is 0 Å². The van der Waals surface area contributed by atoms with Gasteiger partial charge in [0.1, 0.15) is 6.04 Å². The molecule has 0 fully saturated rings. The summed E-state index contributed by atoms with van der Waals surface area (Å²) in [4.78, 5) is 12.3. The lowest BCUT2D eigenvalue weighted by molar-refractivity contribution is -0.118. The van der Waals surface area contributed by atoms with E-state index in [0.717, 1.165) is 16.8 Å². The first kappa shape index (κ1) is 13.3. The van der Waals surface area contributed by atoms with Crippen LogP contribution in [0.25, 0.3) is 0 Å². The molecule has 2 rings (SSSR count). The van der Waals surface area contributed by atoms with E-state index in [1.54, 1.807) is 17.9 Å². The van der Waals surface area contributed by atoms with Crippen molar-refractivity contribution in [2.75, 3.05) is 12.4 Å². The van der Waals surface area contributed by atoms with Crippen LogP contribution in [-0.4, -0.2) is 22.7 Å². The quantitative estimate of drug-likeness (QED) is 0.876. The second kappa shape index (κ2) is 5.67. The molecule has 0 aliphatic heterocycles. The van der Waals surface area contributed by atoms with E-state index in [1.165, 1.54) is 0 Å². The number of nitrogens with one attached hydrogen (secondary N) is 2. The van der Waals surface area contributed by atoms with Crippen molar-refractivity contribution in [3.05, 3.63) is 47.8 Å². The van der Waals surface area contributed by atoms with E-state index < -0.39 is 6.04 Å². The number of aromatic nitrogens is 2. The van der Waals surface area contributed by atoms with Crippen LogP contribution in [0.1, 0.15) is 17.2 Å². The van der Waals surface area contributed by atoms with Crippen LogP contribution in [0.15, 0.2) is 36.7 Å². The number of carbonyl (C=O) groups is 1. The molecule has 0 bridgehead atoms. The van der Waals surface area contributed by atoms with Crippen molar-refractivity contribution in [3.8, 4) is 0 Å². The Bertz CT molecular complexity index is 576. The van der Waals surface area contributed by atoms with Gasteiger partial charge in [0.2, 0.25) is 5.91 Å². The summed E-state index contributed by atoms with van der Waals surface area (Å²) in [6.07, 6.45) is 3.52. The fraction of sp³-hybridized carbons (Fsp3) is 0.286. The van der Waals surface area contributed by atoms with Crippen LogP contribution in [-0.2, 0) is 11.8 Å². The molecule has 2 N–H and O–H groups in total. The van der Waals surface area contributed by atoms with Crippen LogP contribution in [0.5, 0.6) is 0 Å². The van der Waals surface area contributed by atoms with Gasteiger partial charge in [-0.05, 0) is 31.7 Å². The Morgan fingerprint density at radius 2 is 2.21 bits per heavy atom. The second-order valence-corrected chi connectivity index (χ2v) is 4.53. The molecule has 1 aromatic heterocycles. The Labute approximate surface area is 112 Å². The molecule has 1 amide bonds. The van der Waals surface area contributed by atoms with Crippen LogP contribution >= 0.6 is 0 Å². The van der Waals surface area contributed by atoms with Crippen molar-refractivity contribution >= 4 is 11.6 Å². The maximum atomic E-state index is 12.3. The molecular weight excluding hydrogens is 240 g/mol. The lowest BCUT2D eigenvalue weighted by Crippen LogP contribution is -2.30. The average molecular weight is 258 g/mol. The molecule has 5 heteroatoms. The number of likely N-dealkylation sites (N-methyl/N-ethyl adjacent to an activating group) is 1. The molecule has 0 saturated heterocycles. The van der Waals surface area contributed by atoms with Crippen LogP contribution in [0.3, 0.4) is 0 Å². The summed E-state index contributed by atoms with van der Waals surface area (Å²) in [5.41, 5.74) is 2.75. The maximum Gasteiger partial charge on any atom is 0.246 e. The fourth-order valence-corrected chi connectivity index (χ4v) is 1.98. The molecule has 1 unspecified atom stereocenters. The van der Waals surface area contributed by atoms with E-state index in [-0.39, 0.29) is 5.91 Å². The lowest BCUT2D eigenvalue weighted by Gasteiger charge is -2.14. The van der Waals surface area contributed by atoms with Gasteiger partial charge in [-0.1, -0.05) is 12.1 Å². The van der Waals surface area contributed by atoms with E-state index in [4.69, 9.17) is 0 Å². The minimum Gasteiger partial charge on any atom is -0.324 e. The Hall–Kier alpha value is -2.14. The highest BCUT2D eigenvalue weighted by atomic mass is 16.2. The predicted molar refractivity (Wildman–Crippen MR) is 74.8 cm³/mol. The molecule has 0 saturated carbocycles. The standard InChI is InChI=1S/C14H18N4O/c1-10-5-4-6-12(7-10)17-14(19)13(15-2)11-8-16-18(3)9-11/h4-9,13,15H,1-3H3,(H,17,19). The van der Waals surface area contributed by atoms with E-state index in [0.29, 0.717) is 0 Å². The number of benzene rings is 1. The molecule has 1 aromatic carbocycles. The summed E-state index contributed by atoms with van der Waals surface area (Å²) in [7, 11) is 3.59. The Morgan fingerprint density at radius 1 is 1.42 bits per heavy atom. The largest absolute Gasteiger partial charge is 0.324 e. The van der Waals surface area contributed by atoms with Crippen molar-refractivity contribution in [2.45, 2.75) is 13.0 Å². The van der Waals surface area contributed by atoms with Crippen LogP contribution in [0.4, 0.5) is 5.69 Å². The Balaban J connectivity index is 2.13. The summed E-state index contributed by atoms with van der Waals surface area (Å²) in [6.45, 7) is 1.99. The molecule has 5 nitrogen and oxygen atoms in total. The first-order valence-corrected chi connectivity index (χ1v) is 6.13. The van der Waals surface area contributed by atoms with E-state index >= 15 is 0 Å². The van der Waals surface area contributed by atoms with E-state index in [1.807, 2.05) is 44.4 Å². The first-order valence-electron chi connectivity index (χ1n) is 6.13. The van der Waals surface area contributed by atoms with E-state index in [9.17, 15) is 4.79 Å². The molecule has 0 aliphatic carbocycles. The third kappa shape index (κ3) is 3.20. The van der Waals surface area contributed by atoms with Crippen LogP contribution in [0, 0.1) is 6.92 Å². The zero-order valence-corrected chi connectivity index (χ0v) is 11.3. The summed E-state index contributed by atoms with van der Waals surface area (Å²) in [6, 6.07) is 7.32. The number of hydrogen-bond acceptors (Lipinski definition) is 3. The van der Waals surface area contributed by atoms with Gasteiger partial charge in [0, 0.05) is 24.5 Å². The highest BCUT2D eigenvalue weighted by Gasteiger charge is 2.20. The van der Waals surface area contributed by atoms with E-state index in [2.05, 4.69) is 15.7 Å². The van der Waals surface area contributed by atoms with Gasteiger partial charge in [0.05, 0.1) is 6.20 Å². The van der Waals surface area contributed by atoms with Crippen LogP contribution < -0.4 is 10.6 Å². The Kier molecular flexibility index (Phi) is 3.97. The first-order chi connectivity index (χ1) is 9.10. The zero-order valence-electron chi connectivity index (χ0n) is 11.3. The average Bonchev–Trinajstić information content (AvgIpc) is 2.76. The number of anilines is 1. The normalized spacial score (nSPS) is 12.2. The molecular formula is C14H18N4O. The topological polar surface area (TPSA) is 59.0 Å². The summed E-state index contributed by atoms with van der Waals surface area (Å²) in [5.74, 6) is -0.0962. The van der Waals surface area contributed by atoms with Gasteiger partial charge in [-0.2, -0.15) is 5.10 Å². The predicted octanol–water partition coefficient (Wildman–Crippen LogP) is 1.63. The number of nitrogens with zero attached hydrogens (tertiary/aromatic N) is 2. The van der Waals surface area contributed by atoms with Gasteiger partial charge in [-0.3, -0.25) is 9.48 Å². The van der Waals surface area contributed by atoms with Crippen molar-refractivity contribution in [2.24, 2.45) is 7.05 Å². The summed E-state index contributed by atoms with van der Waals surface area (Å²) < 4.78 is 1.68. The zero-order chi connectivity index (χ0) is 13.8. The summed E-state index contributed by atoms with van der Waals surface area (Å²) in [5, 5.41) is 9.99. The molecule has 0 spiro atoms. The molecule has 100 valence electrons. The highest BCUT2D eigenvalue weighted by Crippen LogP contribution is 2.16. The third-order valence-corrected chi connectivity index (χ3v) is 2.89. The molecule has 1 heterocycles. The van der Waals surface area contributed by atoms with Crippen LogP contribution in [0.2, 0.25) is 0 Å². The number of hydrogen-bond donors (Lipinski definition) is 2. The molecule has 1 atom stereocenters. The SMILES string of the molecule is CNC(C(=O)Nc1cccc(C)c1)c1cnn(C)c1. The fourth-order valence-electron chi connectivity index (χ4n) is 1.98. The minimum absolute atomic E-state index is 0.0962. The molecule has 0 radical (unpaired) electrons. The smallest absolute Gasteiger partial charge is 0.246 e. The number of amides is 1. The minimum atomic E-state index is -0.408.